The van der Waals surface area contributed by atoms with Gasteiger partial charge in [-0.2, -0.15) is 0 Å². The minimum atomic E-state index is -0.185. The molecule has 2 rings (SSSR count). The molecule has 0 fully saturated rings. The van der Waals surface area contributed by atoms with Crippen LogP contribution in [0.4, 0.5) is 0 Å². The monoisotopic (exact) mass is 323 g/mol. The normalized spacial score (nSPS) is 10.2. The van der Waals surface area contributed by atoms with Gasteiger partial charge in [-0.1, -0.05) is 35.3 Å². The lowest BCUT2D eigenvalue weighted by atomic mass is 10.2. The number of rotatable bonds is 5. The Bertz CT molecular complexity index is 627. The molecular formula is C16H15Cl2NO2. The molecule has 1 amide bonds. The molecule has 5 heteroatoms. The third-order valence-electron chi connectivity index (χ3n) is 2.86. The second-order valence-electron chi connectivity index (χ2n) is 4.39. The van der Waals surface area contributed by atoms with Gasteiger partial charge in [0, 0.05) is 17.1 Å². The zero-order chi connectivity index (χ0) is 15.2. The van der Waals surface area contributed by atoms with Crippen molar-refractivity contribution in [1.82, 2.24) is 5.32 Å². The minimum absolute atomic E-state index is 0.185. The van der Waals surface area contributed by atoms with Crippen molar-refractivity contribution >= 4 is 29.1 Å². The molecule has 0 aliphatic heterocycles. The lowest BCUT2D eigenvalue weighted by Gasteiger charge is -2.09. The van der Waals surface area contributed by atoms with Crippen molar-refractivity contribution in [3.05, 3.63) is 63.6 Å². The highest BCUT2D eigenvalue weighted by molar-refractivity contribution is 6.32. The molecule has 2 aromatic rings. The van der Waals surface area contributed by atoms with E-state index in [1.807, 2.05) is 19.1 Å². The first-order chi connectivity index (χ1) is 10.1. The van der Waals surface area contributed by atoms with E-state index in [2.05, 4.69) is 5.32 Å². The summed E-state index contributed by atoms with van der Waals surface area (Å²) in [5.41, 5.74) is 1.47. The van der Waals surface area contributed by atoms with Crippen molar-refractivity contribution in [1.29, 1.82) is 0 Å². The summed E-state index contributed by atoms with van der Waals surface area (Å²) in [4.78, 5) is 12.1. The number of hydrogen-bond donors (Lipinski definition) is 1. The molecule has 0 spiro atoms. The quantitative estimate of drug-likeness (QED) is 0.889. The average Bonchev–Trinajstić information content (AvgIpc) is 2.48. The van der Waals surface area contributed by atoms with Crippen LogP contribution in [-0.2, 0) is 6.54 Å². The first kappa shape index (κ1) is 15.7. The molecule has 0 saturated heterocycles. The fourth-order valence-electron chi connectivity index (χ4n) is 1.80. The van der Waals surface area contributed by atoms with Crippen molar-refractivity contribution < 1.29 is 9.53 Å². The maximum atomic E-state index is 12.1. The molecule has 0 aliphatic rings. The van der Waals surface area contributed by atoms with Gasteiger partial charge in [-0.05, 0) is 42.8 Å². The molecule has 1 N–H and O–H groups in total. The molecule has 0 saturated carbocycles. The maximum Gasteiger partial charge on any atom is 0.251 e. The number of carbonyl (C=O) groups excluding carboxylic acids is 1. The molecule has 0 bridgehead atoms. The van der Waals surface area contributed by atoms with E-state index in [-0.39, 0.29) is 5.91 Å². The minimum Gasteiger partial charge on any atom is -0.492 e. The Morgan fingerprint density at radius 3 is 2.48 bits per heavy atom. The van der Waals surface area contributed by atoms with Crippen LogP contribution in [-0.4, -0.2) is 12.5 Å². The molecule has 21 heavy (non-hydrogen) atoms. The summed E-state index contributed by atoms with van der Waals surface area (Å²) in [6.45, 7) is 2.84. The summed E-state index contributed by atoms with van der Waals surface area (Å²) < 4.78 is 5.34. The topological polar surface area (TPSA) is 38.3 Å². The number of nitrogens with one attached hydrogen (secondary N) is 1. The number of carbonyl (C=O) groups is 1. The zero-order valence-electron chi connectivity index (χ0n) is 11.5. The predicted octanol–water partition coefficient (Wildman–Crippen LogP) is 4.32. The van der Waals surface area contributed by atoms with Gasteiger partial charge >= 0.3 is 0 Å². The lowest BCUT2D eigenvalue weighted by molar-refractivity contribution is 0.0951. The standard InChI is InChI=1S/C16H15Cl2NO2/c1-2-21-15-8-5-12(9-14(15)18)16(20)19-10-11-3-6-13(17)7-4-11/h3-9H,2,10H2,1H3,(H,19,20). The zero-order valence-corrected chi connectivity index (χ0v) is 13.0. The van der Waals surface area contributed by atoms with Crippen molar-refractivity contribution in [2.45, 2.75) is 13.5 Å². The molecule has 3 nitrogen and oxygen atoms in total. The molecule has 0 atom stereocenters. The Hall–Kier alpha value is -1.71. The molecule has 0 unspecified atom stereocenters. The molecule has 0 aliphatic carbocycles. The maximum absolute atomic E-state index is 12.1. The Labute approximate surface area is 133 Å². The summed E-state index contributed by atoms with van der Waals surface area (Å²) >= 11 is 11.9. The number of benzene rings is 2. The third-order valence-corrected chi connectivity index (χ3v) is 3.41. The third kappa shape index (κ3) is 4.38. The van der Waals surface area contributed by atoms with E-state index in [9.17, 15) is 4.79 Å². The molecule has 110 valence electrons. The van der Waals surface area contributed by atoms with Crippen LogP contribution in [0.2, 0.25) is 10.0 Å². The van der Waals surface area contributed by atoms with Gasteiger partial charge < -0.3 is 10.1 Å². The van der Waals surface area contributed by atoms with Gasteiger partial charge in [-0.3, -0.25) is 4.79 Å². The summed E-state index contributed by atoms with van der Waals surface area (Å²) in [6, 6.07) is 12.3. The van der Waals surface area contributed by atoms with Crippen LogP contribution in [0.15, 0.2) is 42.5 Å². The lowest BCUT2D eigenvalue weighted by Crippen LogP contribution is -2.22. The summed E-state index contributed by atoms with van der Waals surface area (Å²) in [7, 11) is 0. The number of halogens is 2. The smallest absolute Gasteiger partial charge is 0.251 e. The van der Waals surface area contributed by atoms with E-state index in [1.54, 1.807) is 30.3 Å². The van der Waals surface area contributed by atoms with Crippen LogP contribution in [0.1, 0.15) is 22.8 Å². The average molecular weight is 324 g/mol. The van der Waals surface area contributed by atoms with Gasteiger partial charge in [0.25, 0.3) is 5.91 Å². The van der Waals surface area contributed by atoms with Crippen LogP contribution < -0.4 is 10.1 Å². The van der Waals surface area contributed by atoms with E-state index in [4.69, 9.17) is 27.9 Å². The van der Waals surface area contributed by atoms with Gasteiger partial charge in [0.05, 0.1) is 11.6 Å². The van der Waals surface area contributed by atoms with E-state index >= 15 is 0 Å². The first-order valence-electron chi connectivity index (χ1n) is 6.55. The largest absolute Gasteiger partial charge is 0.492 e. The van der Waals surface area contributed by atoms with Crippen LogP contribution in [0.3, 0.4) is 0 Å². The summed E-state index contributed by atoms with van der Waals surface area (Å²) in [6.07, 6.45) is 0. The summed E-state index contributed by atoms with van der Waals surface area (Å²) in [5.74, 6) is 0.392. The van der Waals surface area contributed by atoms with Crippen molar-refractivity contribution in [3.8, 4) is 5.75 Å². The highest BCUT2D eigenvalue weighted by Crippen LogP contribution is 2.25. The highest BCUT2D eigenvalue weighted by Gasteiger charge is 2.09. The van der Waals surface area contributed by atoms with Crippen LogP contribution in [0.5, 0.6) is 5.75 Å². The molecule has 2 aromatic carbocycles. The number of amides is 1. The van der Waals surface area contributed by atoms with Gasteiger partial charge in [-0.15, -0.1) is 0 Å². The van der Waals surface area contributed by atoms with Crippen LogP contribution in [0.25, 0.3) is 0 Å². The van der Waals surface area contributed by atoms with Crippen LogP contribution >= 0.6 is 23.2 Å². The fraction of sp³-hybridized carbons (Fsp3) is 0.188. The Morgan fingerprint density at radius 1 is 1.14 bits per heavy atom. The highest BCUT2D eigenvalue weighted by atomic mass is 35.5. The Morgan fingerprint density at radius 2 is 1.86 bits per heavy atom. The molecule has 0 radical (unpaired) electrons. The van der Waals surface area contributed by atoms with Gasteiger partial charge in [0.2, 0.25) is 0 Å². The van der Waals surface area contributed by atoms with Crippen LogP contribution in [0, 0.1) is 0 Å². The van der Waals surface area contributed by atoms with E-state index in [1.165, 1.54) is 0 Å². The number of ether oxygens (including phenoxy) is 1. The van der Waals surface area contributed by atoms with Crippen molar-refractivity contribution in [2.75, 3.05) is 6.61 Å². The predicted molar refractivity (Wildman–Crippen MR) is 85.2 cm³/mol. The van der Waals surface area contributed by atoms with E-state index < -0.39 is 0 Å². The summed E-state index contributed by atoms with van der Waals surface area (Å²) in [5, 5.41) is 3.93. The van der Waals surface area contributed by atoms with Crippen molar-refractivity contribution in [2.24, 2.45) is 0 Å². The van der Waals surface area contributed by atoms with E-state index in [0.717, 1.165) is 5.56 Å². The fourth-order valence-corrected chi connectivity index (χ4v) is 2.16. The second-order valence-corrected chi connectivity index (χ2v) is 5.23. The van der Waals surface area contributed by atoms with E-state index in [0.29, 0.717) is 34.5 Å². The molecule has 0 aromatic heterocycles. The SMILES string of the molecule is CCOc1ccc(C(=O)NCc2ccc(Cl)cc2)cc1Cl. The molecule has 0 heterocycles. The Kier molecular flexibility index (Phi) is 5.48. The Balaban J connectivity index is 2.00. The van der Waals surface area contributed by atoms with Gasteiger partial charge in [0.15, 0.2) is 0 Å². The first-order valence-corrected chi connectivity index (χ1v) is 7.30. The number of hydrogen-bond acceptors (Lipinski definition) is 2. The van der Waals surface area contributed by atoms with Crippen molar-refractivity contribution in [3.63, 3.8) is 0 Å². The van der Waals surface area contributed by atoms with Gasteiger partial charge in [0.1, 0.15) is 5.75 Å². The van der Waals surface area contributed by atoms with Gasteiger partial charge in [-0.25, -0.2) is 0 Å². The second kappa shape index (κ2) is 7.34. The molecular weight excluding hydrogens is 309 g/mol.